The van der Waals surface area contributed by atoms with Crippen molar-refractivity contribution in [3.63, 3.8) is 0 Å². The first-order chi connectivity index (χ1) is 14.5. The van der Waals surface area contributed by atoms with Gasteiger partial charge in [-0.1, -0.05) is 23.7 Å². The molecule has 4 rings (SSSR count). The maximum absolute atomic E-state index is 13.1. The Morgan fingerprint density at radius 2 is 1.90 bits per heavy atom. The lowest BCUT2D eigenvalue weighted by Gasteiger charge is -2.40. The number of rotatable bonds is 4. The molecule has 6 nitrogen and oxygen atoms in total. The van der Waals surface area contributed by atoms with Crippen molar-refractivity contribution in [3.05, 3.63) is 77.3 Å². The Balaban J connectivity index is 1.45. The molecule has 1 aromatic heterocycles. The van der Waals surface area contributed by atoms with Gasteiger partial charge in [0.2, 0.25) is 5.88 Å². The fourth-order valence-corrected chi connectivity index (χ4v) is 3.60. The molecule has 8 heteroatoms. The summed E-state index contributed by atoms with van der Waals surface area (Å²) >= 11 is 6.15. The van der Waals surface area contributed by atoms with Crippen molar-refractivity contribution in [2.45, 2.75) is 13.0 Å². The Kier molecular flexibility index (Phi) is 5.81. The Hall–Kier alpha value is -3.19. The number of aromatic nitrogens is 2. The number of benzene rings is 2. The quantitative estimate of drug-likeness (QED) is 0.618. The van der Waals surface area contributed by atoms with Gasteiger partial charge in [0.1, 0.15) is 23.7 Å². The number of amides is 1. The van der Waals surface area contributed by atoms with E-state index < -0.39 is 0 Å². The summed E-state index contributed by atoms with van der Waals surface area (Å²) in [6.45, 7) is 3.73. The highest BCUT2D eigenvalue weighted by atomic mass is 35.5. The lowest BCUT2D eigenvalue weighted by atomic mass is 10.1. The standard InChI is InChI=1S/C22H20ClFN4O2/c1-15-13-27(10-11-28(15)22(29)16-6-8-17(24)9-7-16)20-12-21(26-14-25-20)30-19-5-3-2-4-18(19)23/h2-9,12,14-15H,10-11,13H2,1H3. The van der Waals surface area contributed by atoms with E-state index >= 15 is 0 Å². The summed E-state index contributed by atoms with van der Waals surface area (Å²) in [5.41, 5.74) is 0.481. The van der Waals surface area contributed by atoms with Gasteiger partial charge in [0.05, 0.1) is 5.02 Å². The first-order valence-corrected chi connectivity index (χ1v) is 9.95. The molecule has 2 heterocycles. The van der Waals surface area contributed by atoms with Gasteiger partial charge in [-0.2, -0.15) is 0 Å². The van der Waals surface area contributed by atoms with Crippen molar-refractivity contribution < 1.29 is 13.9 Å². The van der Waals surface area contributed by atoms with Crippen LogP contribution in [-0.2, 0) is 0 Å². The second-order valence-electron chi connectivity index (χ2n) is 7.05. The van der Waals surface area contributed by atoms with Gasteiger partial charge in [0, 0.05) is 37.3 Å². The second-order valence-corrected chi connectivity index (χ2v) is 7.45. The van der Waals surface area contributed by atoms with Crippen LogP contribution in [0.25, 0.3) is 0 Å². The summed E-state index contributed by atoms with van der Waals surface area (Å²) < 4.78 is 18.9. The molecule has 1 atom stereocenters. The molecule has 0 N–H and O–H groups in total. The summed E-state index contributed by atoms with van der Waals surface area (Å²) in [6.07, 6.45) is 1.45. The predicted molar refractivity (Wildman–Crippen MR) is 113 cm³/mol. The average Bonchev–Trinajstić information content (AvgIpc) is 2.75. The number of nitrogens with zero attached hydrogens (tertiary/aromatic N) is 4. The zero-order valence-corrected chi connectivity index (χ0v) is 17.1. The van der Waals surface area contributed by atoms with Crippen LogP contribution < -0.4 is 9.64 Å². The molecule has 1 unspecified atom stereocenters. The molecule has 0 saturated carbocycles. The molecule has 1 fully saturated rings. The number of carbonyl (C=O) groups is 1. The fourth-order valence-electron chi connectivity index (χ4n) is 3.42. The highest BCUT2D eigenvalue weighted by molar-refractivity contribution is 6.32. The molecule has 2 aromatic carbocycles. The number of halogens is 2. The first-order valence-electron chi connectivity index (χ1n) is 9.57. The topological polar surface area (TPSA) is 58.6 Å². The van der Waals surface area contributed by atoms with Crippen molar-refractivity contribution in [1.29, 1.82) is 0 Å². The fraction of sp³-hybridized carbons (Fsp3) is 0.227. The van der Waals surface area contributed by atoms with Crippen LogP contribution >= 0.6 is 11.6 Å². The Labute approximate surface area is 178 Å². The zero-order valence-electron chi connectivity index (χ0n) is 16.3. The van der Waals surface area contributed by atoms with Gasteiger partial charge in [-0.05, 0) is 43.3 Å². The van der Waals surface area contributed by atoms with Gasteiger partial charge < -0.3 is 14.5 Å². The lowest BCUT2D eigenvalue weighted by molar-refractivity contribution is 0.0673. The SMILES string of the molecule is CC1CN(c2cc(Oc3ccccc3Cl)ncn2)CCN1C(=O)c1ccc(F)cc1. The minimum atomic E-state index is -0.358. The van der Waals surface area contributed by atoms with E-state index in [0.717, 1.165) is 0 Å². The molecule has 1 saturated heterocycles. The molecule has 0 spiro atoms. The number of anilines is 1. The summed E-state index contributed by atoms with van der Waals surface area (Å²) in [5, 5.41) is 0.499. The van der Waals surface area contributed by atoms with E-state index in [2.05, 4.69) is 14.9 Å². The summed E-state index contributed by atoms with van der Waals surface area (Å²) in [6, 6.07) is 14.5. The molecular weight excluding hydrogens is 407 g/mol. The Bertz CT molecular complexity index is 1050. The van der Waals surface area contributed by atoms with Crippen LogP contribution in [0.2, 0.25) is 5.02 Å². The monoisotopic (exact) mass is 426 g/mol. The third-order valence-electron chi connectivity index (χ3n) is 4.98. The van der Waals surface area contributed by atoms with Crippen LogP contribution in [0, 0.1) is 5.82 Å². The number of para-hydroxylation sites is 1. The molecular formula is C22H20ClFN4O2. The second kappa shape index (κ2) is 8.67. The lowest BCUT2D eigenvalue weighted by Crippen LogP contribution is -2.54. The number of ether oxygens (including phenoxy) is 1. The van der Waals surface area contributed by atoms with Crippen LogP contribution in [0.15, 0.2) is 60.9 Å². The van der Waals surface area contributed by atoms with E-state index in [-0.39, 0.29) is 17.8 Å². The van der Waals surface area contributed by atoms with Gasteiger partial charge in [-0.25, -0.2) is 14.4 Å². The van der Waals surface area contributed by atoms with Crippen LogP contribution in [0.4, 0.5) is 10.2 Å². The summed E-state index contributed by atoms with van der Waals surface area (Å²) in [5.74, 6) is 1.17. The molecule has 3 aromatic rings. The number of hydrogen-bond acceptors (Lipinski definition) is 5. The number of piperazine rings is 1. The third-order valence-corrected chi connectivity index (χ3v) is 5.29. The van der Waals surface area contributed by atoms with E-state index in [1.54, 1.807) is 23.1 Å². The minimum Gasteiger partial charge on any atom is -0.437 e. The molecule has 0 bridgehead atoms. The minimum absolute atomic E-state index is 0.0424. The van der Waals surface area contributed by atoms with Crippen LogP contribution in [-0.4, -0.2) is 46.5 Å². The van der Waals surface area contributed by atoms with Gasteiger partial charge in [0.15, 0.2) is 0 Å². The normalized spacial score (nSPS) is 16.4. The van der Waals surface area contributed by atoms with Crippen molar-refractivity contribution in [2.24, 2.45) is 0 Å². The third kappa shape index (κ3) is 4.36. The smallest absolute Gasteiger partial charge is 0.254 e. The van der Waals surface area contributed by atoms with E-state index in [1.165, 1.54) is 30.6 Å². The van der Waals surface area contributed by atoms with E-state index in [4.69, 9.17) is 16.3 Å². The maximum atomic E-state index is 13.1. The van der Waals surface area contributed by atoms with Crippen LogP contribution in [0.1, 0.15) is 17.3 Å². The number of hydrogen-bond donors (Lipinski definition) is 0. The van der Waals surface area contributed by atoms with E-state index in [9.17, 15) is 9.18 Å². The first kappa shape index (κ1) is 20.1. The van der Waals surface area contributed by atoms with E-state index in [0.29, 0.717) is 47.7 Å². The van der Waals surface area contributed by atoms with E-state index in [1.807, 2.05) is 19.1 Å². The van der Waals surface area contributed by atoms with Crippen molar-refractivity contribution in [2.75, 3.05) is 24.5 Å². The molecule has 0 aliphatic carbocycles. The maximum Gasteiger partial charge on any atom is 0.254 e. The molecule has 154 valence electrons. The van der Waals surface area contributed by atoms with Crippen molar-refractivity contribution >= 4 is 23.3 Å². The van der Waals surface area contributed by atoms with Crippen LogP contribution in [0.3, 0.4) is 0 Å². The zero-order chi connectivity index (χ0) is 21.1. The Morgan fingerprint density at radius 1 is 1.13 bits per heavy atom. The molecule has 1 amide bonds. The summed E-state index contributed by atoms with van der Waals surface area (Å²) in [7, 11) is 0. The van der Waals surface area contributed by atoms with Gasteiger partial charge in [-0.15, -0.1) is 0 Å². The van der Waals surface area contributed by atoms with Crippen molar-refractivity contribution in [3.8, 4) is 11.6 Å². The van der Waals surface area contributed by atoms with Crippen LogP contribution in [0.5, 0.6) is 11.6 Å². The number of carbonyl (C=O) groups excluding carboxylic acids is 1. The summed E-state index contributed by atoms with van der Waals surface area (Å²) in [4.78, 5) is 25.2. The molecule has 1 aliphatic heterocycles. The largest absolute Gasteiger partial charge is 0.437 e. The van der Waals surface area contributed by atoms with Gasteiger partial charge >= 0.3 is 0 Å². The highest BCUT2D eigenvalue weighted by Gasteiger charge is 2.29. The average molecular weight is 427 g/mol. The highest BCUT2D eigenvalue weighted by Crippen LogP contribution is 2.29. The molecule has 0 radical (unpaired) electrons. The molecule has 30 heavy (non-hydrogen) atoms. The Morgan fingerprint density at radius 3 is 2.63 bits per heavy atom. The van der Waals surface area contributed by atoms with Gasteiger partial charge in [0.25, 0.3) is 5.91 Å². The predicted octanol–water partition coefficient (Wildman–Crippen LogP) is 4.41. The van der Waals surface area contributed by atoms with Gasteiger partial charge in [-0.3, -0.25) is 4.79 Å². The molecule has 1 aliphatic rings. The van der Waals surface area contributed by atoms with Crippen molar-refractivity contribution in [1.82, 2.24) is 14.9 Å².